The summed E-state index contributed by atoms with van der Waals surface area (Å²) in [4.78, 5) is 11.5. The van der Waals surface area contributed by atoms with Crippen LogP contribution in [0.3, 0.4) is 0 Å². The van der Waals surface area contributed by atoms with E-state index < -0.39 is 12.6 Å². The van der Waals surface area contributed by atoms with Crippen molar-refractivity contribution in [1.29, 1.82) is 0 Å². The van der Waals surface area contributed by atoms with Gasteiger partial charge in [-0.05, 0) is 47.0 Å². The van der Waals surface area contributed by atoms with Crippen molar-refractivity contribution in [2.45, 2.75) is 4.90 Å². The number of ether oxygens (including phenoxy) is 2. The van der Waals surface area contributed by atoms with Crippen molar-refractivity contribution >= 4 is 34.9 Å². The van der Waals surface area contributed by atoms with E-state index in [0.717, 1.165) is 27.3 Å². The molecule has 6 heteroatoms. The summed E-state index contributed by atoms with van der Waals surface area (Å²) < 4.78 is 10.5. The van der Waals surface area contributed by atoms with Crippen LogP contribution >= 0.6 is 23.4 Å². The molecule has 1 N–H and O–H groups in total. The number of benzene rings is 3. The van der Waals surface area contributed by atoms with Crippen molar-refractivity contribution in [3.8, 4) is 11.5 Å². The second-order valence-corrected chi connectivity index (χ2v) is 7.77. The quantitative estimate of drug-likeness (QED) is 0.411. The molecule has 0 aliphatic carbocycles. The van der Waals surface area contributed by atoms with E-state index in [0.29, 0.717) is 16.5 Å². The van der Waals surface area contributed by atoms with Gasteiger partial charge in [0.1, 0.15) is 11.5 Å². The molecule has 4 nitrogen and oxygen atoms in total. The predicted molar refractivity (Wildman–Crippen MR) is 122 cm³/mol. The van der Waals surface area contributed by atoms with Crippen molar-refractivity contribution in [1.82, 2.24) is 0 Å². The molecule has 0 amide bonds. The molecule has 3 aromatic rings. The average molecular weight is 441 g/mol. The van der Waals surface area contributed by atoms with Gasteiger partial charge in [-0.15, -0.1) is 11.8 Å². The van der Waals surface area contributed by atoms with Gasteiger partial charge in [-0.25, -0.2) is 4.79 Å². The smallest absolute Gasteiger partial charge is 0.341 e. The van der Waals surface area contributed by atoms with Crippen LogP contribution in [0, 0.1) is 0 Å². The first-order valence-corrected chi connectivity index (χ1v) is 10.6. The highest BCUT2D eigenvalue weighted by Gasteiger charge is 2.08. The van der Waals surface area contributed by atoms with Gasteiger partial charge in [-0.1, -0.05) is 60.1 Å². The molecule has 154 valence electrons. The fourth-order valence-electron chi connectivity index (χ4n) is 2.86. The summed E-state index contributed by atoms with van der Waals surface area (Å²) in [6.45, 7) is -0.396. The molecule has 0 spiro atoms. The molecule has 0 aromatic heterocycles. The Hall–Kier alpha value is -2.89. The molecule has 3 rings (SSSR count). The third kappa shape index (κ3) is 6.05. The van der Waals surface area contributed by atoms with Gasteiger partial charge in [0.15, 0.2) is 6.61 Å². The zero-order chi connectivity index (χ0) is 21.3. The summed E-state index contributed by atoms with van der Waals surface area (Å²) in [5.41, 5.74) is 3.30. The highest BCUT2D eigenvalue weighted by atomic mass is 35.5. The zero-order valence-electron chi connectivity index (χ0n) is 16.4. The monoisotopic (exact) mass is 440 g/mol. The maximum Gasteiger partial charge on any atom is 0.341 e. The number of hydrogen-bond acceptors (Lipinski definition) is 4. The van der Waals surface area contributed by atoms with Crippen molar-refractivity contribution in [2.75, 3.05) is 19.5 Å². The molecule has 0 fully saturated rings. The lowest BCUT2D eigenvalue weighted by Gasteiger charge is -2.11. The zero-order valence-corrected chi connectivity index (χ0v) is 18.0. The van der Waals surface area contributed by atoms with Gasteiger partial charge in [-0.3, -0.25) is 0 Å². The standard InChI is InChI=1S/C24H21ClO4S/c1-28-19-9-5-8-18(14-19)21(17-6-3-2-4-7-17)12-13-30-23-11-10-20(15-22(23)25)29-16-24(26)27/h2-12,14-15H,13,16H2,1H3,(H,26,27). The second-order valence-electron chi connectivity index (χ2n) is 6.30. The molecule has 0 bridgehead atoms. The number of rotatable bonds is 9. The molecule has 0 atom stereocenters. The number of methoxy groups -OCH3 is 1. The van der Waals surface area contributed by atoms with E-state index in [1.54, 1.807) is 31.0 Å². The number of carboxylic acids is 1. The number of hydrogen-bond donors (Lipinski definition) is 1. The Labute approximate surface area is 185 Å². The van der Waals surface area contributed by atoms with Crippen LogP contribution in [0.25, 0.3) is 5.57 Å². The number of aliphatic carboxylic acids is 1. The molecule has 0 unspecified atom stereocenters. The van der Waals surface area contributed by atoms with Crippen LogP contribution in [-0.4, -0.2) is 30.5 Å². The Morgan fingerprint density at radius 2 is 1.77 bits per heavy atom. The van der Waals surface area contributed by atoms with Gasteiger partial charge in [0.2, 0.25) is 0 Å². The average Bonchev–Trinajstić information content (AvgIpc) is 2.77. The molecule has 0 saturated carbocycles. The van der Waals surface area contributed by atoms with Gasteiger partial charge in [-0.2, -0.15) is 0 Å². The molecule has 3 aromatic carbocycles. The molecule has 0 radical (unpaired) electrons. The fourth-order valence-corrected chi connectivity index (χ4v) is 3.98. The molecule has 0 heterocycles. The number of halogens is 1. The second kappa shape index (κ2) is 10.8. The maximum absolute atomic E-state index is 10.6. The minimum Gasteiger partial charge on any atom is -0.497 e. The Kier molecular flexibility index (Phi) is 7.82. The SMILES string of the molecule is COc1cccc(C(=CCSc2ccc(OCC(=O)O)cc2Cl)c2ccccc2)c1. The Morgan fingerprint density at radius 1 is 1.00 bits per heavy atom. The van der Waals surface area contributed by atoms with E-state index in [1.165, 1.54) is 0 Å². The van der Waals surface area contributed by atoms with E-state index in [2.05, 4.69) is 24.3 Å². The van der Waals surface area contributed by atoms with Crippen LogP contribution in [0.1, 0.15) is 11.1 Å². The normalized spacial score (nSPS) is 11.2. The molecule has 0 aliphatic heterocycles. The van der Waals surface area contributed by atoms with Crippen LogP contribution in [0.15, 0.2) is 83.8 Å². The lowest BCUT2D eigenvalue weighted by atomic mass is 9.98. The summed E-state index contributed by atoms with van der Waals surface area (Å²) in [6.07, 6.45) is 2.17. The number of thioether (sulfide) groups is 1. The van der Waals surface area contributed by atoms with E-state index in [4.69, 9.17) is 26.2 Å². The summed E-state index contributed by atoms with van der Waals surface area (Å²) >= 11 is 7.94. The number of carboxylic acid groups (broad SMARTS) is 1. The minimum absolute atomic E-state index is 0.396. The van der Waals surface area contributed by atoms with Crippen LogP contribution in [0.5, 0.6) is 11.5 Å². The summed E-state index contributed by atoms with van der Waals surface area (Å²) in [6, 6.07) is 23.4. The van der Waals surface area contributed by atoms with Gasteiger partial charge < -0.3 is 14.6 Å². The highest BCUT2D eigenvalue weighted by molar-refractivity contribution is 7.99. The van der Waals surface area contributed by atoms with Gasteiger partial charge >= 0.3 is 5.97 Å². The van der Waals surface area contributed by atoms with Crippen molar-refractivity contribution in [3.63, 3.8) is 0 Å². The number of carbonyl (C=O) groups is 1. The van der Waals surface area contributed by atoms with Crippen LogP contribution in [0.4, 0.5) is 0 Å². The van der Waals surface area contributed by atoms with Gasteiger partial charge in [0, 0.05) is 10.6 Å². The first-order valence-electron chi connectivity index (χ1n) is 9.24. The first kappa shape index (κ1) is 21.8. The first-order chi connectivity index (χ1) is 14.6. The van der Waals surface area contributed by atoms with Crippen LogP contribution in [0.2, 0.25) is 5.02 Å². The Balaban J connectivity index is 1.79. The van der Waals surface area contributed by atoms with E-state index in [9.17, 15) is 4.79 Å². The summed E-state index contributed by atoms with van der Waals surface area (Å²) in [5.74, 6) is 0.919. The molecular formula is C24H21ClO4S. The molecule has 0 saturated heterocycles. The van der Waals surface area contributed by atoms with Gasteiger partial charge in [0.05, 0.1) is 12.1 Å². The Bertz CT molecular complexity index is 1030. The highest BCUT2D eigenvalue weighted by Crippen LogP contribution is 2.32. The van der Waals surface area contributed by atoms with Crippen molar-refractivity contribution in [2.24, 2.45) is 0 Å². The Morgan fingerprint density at radius 3 is 2.47 bits per heavy atom. The maximum atomic E-state index is 10.6. The topological polar surface area (TPSA) is 55.8 Å². The fraction of sp³-hybridized carbons (Fsp3) is 0.125. The predicted octanol–water partition coefficient (Wildman–Crippen LogP) is 6.04. The van der Waals surface area contributed by atoms with Gasteiger partial charge in [0.25, 0.3) is 0 Å². The van der Waals surface area contributed by atoms with E-state index in [1.807, 2.05) is 42.5 Å². The lowest BCUT2D eigenvalue weighted by Crippen LogP contribution is -2.09. The van der Waals surface area contributed by atoms with Crippen LogP contribution < -0.4 is 9.47 Å². The van der Waals surface area contributed by atoms with E-state index >= 15 is 0 Å². The summed E-state index contributed by atoms with van der Waals surface area (Å²) in [7, 11) is 1.66. The summed E-state index contributed by atoms with van der Waals surface area (Å²) in [5, 5.41) is 9.24. The largest absolute Gasteiger partial charge is 0.497 e. The molecule has 30 heavy (non-hydrogen) atoms. The van der Waals surface area contributed by atoms with Crippen molar-refractivity contribution in [3.05, 3.63) is 95.0 Å². The molecule has 0 aliphatic rings. The minimum atomic E-state index is -1.03. The van der Waals surface area contributed by atoms with E-state index in [-0.39, 0.29) is 0 Å². The van der Waals surface area contributed by atoms with Crippen LogP contribution in [-0.2, 0) is 4.79 Å². The third-order valence-electron chi connectivity index (χ3n) is 4.26. The molecular weight excluding hydrogens is 420 g/mol. The third-order valence-corrected chi connectivity index (χ3v) is 5.68. The van der Waals surface area contributed by atoms with Crippen molar-refractivity contribution < 1.29 is 19.4 Å². The lowest BCUT2D eigenvalue weighted by molar-refractivity contribution is -0.139.